The Morgan fingerprint density at radius 3 is 2.70 bits per heavy atom. The van der Waals surface area contributed by atoms with Gasteiger partial charge in [-0.3, -0.25) is 14.2 Å². The Labute approximate surface area is 191 Å². The third kappa shape index (κ3) is 4.15. The summed E-state index contributed by atoms with van der Waals surface area (Å²) in [6.45, 7) is 2.51. The highest BCUT2D eigenvalue weighted by atomic mass is 19.1. The maximum atomic E-state index is 14.0. The summed E-state index contributed by atoms with van der Waals surface area (Å²) >= 11 is 0. The lowest BCUT2D eigenvalue weighted by atomic mass is 10.0. The molecule has 2 aromatic carbocycles. The second-order valence-electron chi connectivity index (χ2n) is 9.01. The largest absolute Gasteiger partial charge is 0.352 e. The number of halogens is 1. The van der Waals surface area contributed by atoms with Crippen molar-refractivity contribution in [1.82, 2.24) is 19.4 Å². The molecule has 1 atom stereocenters. The van der Waals surface area contributed by atoms with E-state index in [4.69, 9.17) is 0 Å². The second kappa shape index (κ2) is 8.81. The van der Waals surface area contributed by atoms with Gasteiger partial charge in [-0.1, -0.05) is 50.1 Å². The number of hydrogen-bond donors (Lipinski definition) is 1. The molecule has 33 heavy (non-hydrogen) atoms. The lowest BCUT2D eigenvalue weighted by molar-refractivity contribution is -0.122. The van der Waals surface area contributed by atoms with E-state index in [-0.39, 0.29) is 30.0 Å². The predicted molar refractivity (Wildman–Crippen MR) is 127 cm³/mol. The van der Waals surface area contributed by atoms with Crippen LogP contribution in [0, 0.1) is 5.82 Å². The summed E-state index contributed by atoms with van der Waals surface area (Å²) in [4.78, 5) is 31.0. The van der Waals surface area contributed by atoms with E-state index in [1.165, 1.54) is 18.5 Å². The number of hydrogen-bond acceptors (Lipinski definition) is 3. The maximum Gasteiger partial charge on any atom is 0.277 e. The average molecular weight is 447 g/mol. The average Bonchev–Trinajstić information content (AvgIpc) is 3.42. The van der Waals surface area contributed by atoms with Crippen molar-refractivity contribution >= 4 is 27.8 Å². The van der Waals surface area contributed by atoms with Gasteiger partial charge in [-0.2, -0.15) is 0 Å². The molecule has 1 aliphatic carbocycles. The number of fused-ring (bicyclic) bond motifs is 3. The number of amides is 1. The van der Waals surface area contributed by atoms with Crippen molar-refractivity contribution in [2.45, 2.75) is 57.7 Å². The van der Waals surface area contributed by atoms with Gasteiger partial charge in [0.2, 0.25) is 5.91 Å². The van der Waals surface area contributed by atoms with Crippen molar-refractivity contribution in [2.24, 2.45) is 0 Å². The van der Waals surface area contributed by atoms with Crippen molar-refractivity contribution in [3.8, 4) is 0 Å². The van der Waals surface area contributed by atoms with Crippen LogP contribution in [0.1, 0.15) is 44.1 Å². The third-order valence-corrected chi connectivity index (χ3v) is 6.65. The summed E-state index contributed by atoms with van der Waals surface area (Å²) in [6, 6.07) is 14.5. The molecule has 5 rings (SSSR count). The first-order chi connectivity index (χ1) is 16.0. The van der Waals surface area contributed by atoms with Gasteiger partial charge in [0.15, 0.2) is 0 Å². The Hall–Kier alpha value is -3.48. The van der Waals surface area contributed by atoms with Gasteiger partial charge in [0.05, 0.1) is 11.8 Å². The summed E-state index contributed by atoms with van der Waals surface area (Å²) in [7, 11) is 0. The van der Waals surface area contributed by atoms with Gasteiger partial charge in [-0.25, -0.2) is 9.37 Å². The molecular formula is C26H27FN4O2. The van der Waals surface area contributed by atoms with Crippen LogP contribution < -0.4 is 10.9 Å². The molecular weight excluding hydrogens is 419 g/mol. The molecule has 7 heteroatoms. The topological polar surface area (TPSA) is 68.9 Å². The first-order valence-corrected chi connectivity index (χ1v) is 11.5. The fourth-order valence-electron chi connectivity index (χ4n) is 4.94. The number of nitrogens with zero attached hydrogens (tertiary/aromatic N) is 3. The van der Waals surface area contributed by atoms with E-state index < -0.39 is 5.82 Å². The number of nitrogens with one attached hydrogen (secondary N) is 1. The standard InChI is InChI=1S/C26H27FN4O2/c1-17(18-7-3-2-4-8-18)14-30-16-28-24-21-13-19(27)11-12-22(21)31(25(24)26(30)33)15-23(32)29-20-9-5-6-10-20/h2-4,7-8,11-13,16-17,20H,5-6,9-10,14-15H2,1H3,(H,29,32)/t17-/m1/s1. The second-order valence-corrected chi connectivity index (χ2v) is 9.01. The van der Waals surface area contributed by atoms with Crippen molar-refractivity contribution in [3.05, 3.63) is 76.6 Å². The highest BCUT2D eigenvalue weighted by Gasteiger charge is 2.22. The van der Waals surface area contributed by atoms with Crippen LogP contribution in [0.3, 0.4) is 0 Å². The monoisotopic (exact) mass is 446 g/mol. The van der Waals surface area contributed by atoms with Gasteiger partial charge in [-0.15, -0.1) is 0 Å². The molecule has 0 saturated heterocycles. The molecule has 4 aromatic rings. The van der Waals surface area contributed by atoms with Crippen molar-refractivity contribution in [1.29, 1.82) is 0 Å². The van der Waals surface area contributed by atoms with Gasteiger partial charge in [-0.05, 0) is 42.5 Å². The van der Waals surface area contributed by atoms with Crippen LogP contribution in [0.15, 0.2) is 59.7 Å². The van der Waals surface area contributed by atoms with Crippen LogP contribution in [0.25, 0.3) is 21.9 Å². The van der Waals surface area contributed by atoms with Crippen molar-refractivity contribution in [3.63, 3.8) is 0 Å². The Kier molecular flexibility index (Phi) is 5.70. The summed E-state index contributed by atoms with van der Waals surface area (Å²) in [6.07, 6.45) is 5.73. The fraction of sp³-hybridized carbons (Fsp3) is 0.346. The van der Waals surface area contributed by atoms with Crippen LogP contribution >= 0.6 is 0 Å². The smallest absolute Gasteiger partial charge is 0.277 e. The quantitative estimate of drug-likeness (QED) is 0.479. The predicted octanol–water partition coefficient (Wildman–Crippen LogP) is 4.35. The molecule has 0 bridgehead atoms. The van der Waals surface area contributed by atoms with Crippen LogP contribution in [-0.2, 0) is 17.9 Å². The van der Waals surface area contributed by atoms with E-state index in [2.05, 4.69) is 17.2 Å². The molecule has 1 fully saturated rings. The van der Waals surface area contributed by atoms with E-state index in [9.17, 15) is 14.0 Å². The fourth-order valence-corrected chi connectivity index (χ4v) is 4.94. The molecule has 0 spiro atoms. The molecule has 6 nitrogen and oxygen atoms in total. The van der Waals surface area contributed by atoms with E-state index in [0.717, 1.165) is 31.2 Å². The molecule has 2 heterocycles. The van der Waals surface area contributed by atoms with Crippen LogP contribution in [-0.4, -0.2) is 26.1 Å². The normalized spacial score (nSPS) is 15.3. The highest BCUT2D eigenvalue weighted by Crippen LogP contribution is 2.27. The van der Waals surface area contributed by atoms with Crippen LogP contribution in [0.4, 0.5) is 4.39 Å². The SMILES string of the molecule is C[C@H](Cn1cnc2c3cc(F)ccc3n(CC(=O)NC3CCCC3)c2c1=O)c1ccccc1. The van der Waals surface area contributed by atoms with Gasteiger partial charge < -0.3 is 9.88 Å². The number of aromatic nitrogens is 3. The zero-order valence-corrected chi connectivity index (χ0v) is 18.6. The third-order valence-electron chi connectivity index (χ3n) is 6.65. The molecule has 2 aromatic heterocycles. The molecule has 0 unspecified atom stereocenters. The number of carbonyl (C=O) groups is 1. The first kappa shape index (κ1) is 21.4. The Morgan fingerprint density at radius 1 is 1.18 bits per heavy atom. The van der Waals surface area contributed by atoms with E-state index in [1.807, 2.05) is 30.3 Å². The summed E-state index contributed by atoms with van der Waals surface area (Å²) in [5.41, 5.74) is 2.29. The van der Waals surface area contributed by atoms with Gasteiger partial charge >= 0.3 is 0 Å². The minimum atomic E-state index is -0.402. The number of benzene rings is 2. The minimum Gasteiger partial charge on any atom is -0.352 e. The van der Waals surface area contributed by atoms with Gasteiger partial charge in [0.25, 0.3) is 5.56 Å². The van der Waals surface area contributed by atoms with Crippen molar-refractivity contribution < 1.29 is 9.18 Å². The first-order valence-electron chi connectivity index (χ1n) is 11.5. The minimum absolute atomic E-state index is 0.00267. The van der Waals surface area contributed by atoms with E-state index >= 15 is 0 Å². The molecule has 1 aliphatic rings. The lowest BCUT2D eigenvalue weighted by Gasteiger charge is -2.15. The summed E-state index contributed by atoms with van der Waals surface area (Å²) in [5, 5.41) is 3.62. The summed E-state index contributed by atoms with van der Waals surface area (Å²) < 4.78 is 17.3. The molecule has 0 aliphatic heterocycles. The molecule has 1 N–H and O–H groups in total. The molecule has 1 amide bonds. The maximum absolute atomic E-state index is 14.0. The Bertz CT molecular complexity index is 1370. The van der Waals surface area contributed by atoms with Crippen molar-refractivity contribution in [2.75, 3.05) is 0 Å². The molecule has 0 radical (unpaired) electrons. The Balaban J connectivity index is 1.56. The van der Waals surface area contributed by atoms with Gasteiger partial charge in [0.1, 0.15) is 23.4 Å². The lowest BCUT2D eigenvalue weighted by Crippen LogP contribution is -2.35. The van der Waals surface area contributed by atoms with Crippen LogP contribution in [0.2, 0.25) is 0 Å². The van der Waals surface area contributed by atoms with Crippen LogP contribution in [0.5, 0.6) is 0 Å². The molecule has 1 saturated carbocycles. The number of rotatable bonds is 6. The zero-order valence-electron chi connectivity index (χ0n) is 18.6. The van der Waals surface area contributed by atoms with Gasteiger partial charge in [0, 0.05) is 18.0 Å². The highest BCUT2D eigenvalue weighted by molar-refractivity contribution is 6.06. The summed E-state index contributed by atoms with van der Waals surface area (Å²) in [5.74, 6) is -0.442. The zero-order chi connectivity index (χ0) is 22.9. The Morgan fingerprint density at radius 2 is 1.94 bits per heavy atom. The van der Waals surface area contributed by atoms with E-state index in [1.54, 1.807) is 15.2 Å². The number of carbonyl (C=O) groups excluding carboxylic acids is 1. The molecule has 170 valence electrons. The van der Waals surface area contributed by atoms with E-state index in [0.29, 0.717) is 28.5 Å².